The van der Waals surface area contributed by atoms with Gasteiger partial charge in [-0.15, -0.1) is 5.10 Å². The van der Waals surface area contributed by atoms with Crippen molar-refractivity contribution >= 4 is 22.6 Å². The van der Waals surface area contributed by atoms with Crippen LogP contribution in [0, 0.1) is 13.8 Å². The molecule has 0 spiro atoms. The molecule has 0 bridgehead atoms. The molecule has 0 fully saturated rings. The summed E-state index contributed by atoms with van der Waals surface area (Å²) < 4.78 is 9.07. The van der Waals surface area contributed by atoms with E-state index < -0.39 is 0 Å². The predicted molar refractivity (Wildman–Crippen MR) is 126 cm³/mol. The van der Waals surface area contributed by atoms with Crippen molar-refractivity contribution in [2.45, 2.75) is 27.0 Å². The Bertz CT molecular complexity index is 1460. The highest BCUT2D eigenvalue weighted by Crippen LogP contribution is 2.23. The summed E-state index contributed by atoms with van der Waals surface area (Å²) in [5.41, 5.74) is 5.15. The summed E-state index contributed by atoms with van der Waals surface area (Å²) >= 11 is 0. The second-order valence-electron chi connectivity index (χ2n) is 7.85. The fourth-order valence-corrected chi connectivity index (χ4v) is 3.49. The van der Waals surface area contributed by atoms with Gasteiger partial charge < -0.3 is 10.1 Å². The summed E-state index contributed by atoms with van der Waals surface area (Å²) in [5.74, 6) is 0.209. The van der Waals surface area contributed by atoms with Crippen molar-refractivity contribution in [2.24, 2.45) is 0 Å². The second kappa shape index (κ2) is 9.10. The van der Waals surface area contributed by atoms with Gasteiger partial charge in [0.25, 0.3) is 0 Å². The zero-order chi connectivity index (χ0) is 23.5. The summed E-state index contributed by atoms with van der Waals surface area (Å²) in [5, 5.41) is 16.1. The number of nitrogens with one attached hydrogen (secondary N) is 1. The minimum Gasteiger partial charge on any atom is -0.470 e. The third-order valence-electron chi connectivity index (χ3n) is 5.37. The van der Waals surface area contributed by atoms with Gasteiger partial charge in [-0.25, -0.2) is 19.3 Å². The van der Waals surface area contributed by atoms with E-state index in [1.54, 1.807) is 17.1 Å². The van der Waals surface area contributed by atoms with Crippen LogP contribution in [0.4, 0.5) is 5.69 Å². The van der Waals surface area contributed by atoms with Crippen LogP contribution in [0.2, 0.25) is 0 Å². The molecule has 0 aliphatic rings. The standard InChI is InChI=1S/C24H22N8O2/c1-16-8-9-18(10-17(16)2)28-22(33)13-31-12-19(29-30-31)14-34-24-21-11-27-32(23(21)25-15-26-24)20-6-4-3-5-7-20/h3-12,15H,13-14H2,1-2H3,(H,28,33). The minimum absolute atomic E-state index is 0.0432. The molecular formula is C24H22N8O2. The van der Waals surface area contributed by atoms with Crippen molar-refractivity contribution in [3.63, 3.8) is 0 Å². The third kappa shape index (κ3) is 4.46. The van der Waals surface area contributed by atoms with Gasteiger partial charge in [0.15, 0.2) is 5.65 Å². The first-order valence-electron chi connectivity index (χ1n) is 10.7. The molecule has 5 aromatic rings. The number of rotatable bonds is 7. The molecule has 3 aromatic heterocycles. The molecule has 1 amide bonds. The number of ether oxygens (including phenoxy) is 1. The Labute approximate surface area is 195 Å². The van der Waals surface area contributed by atoms with E-state index in [4.69, 9.17) is 4.74 Å². The first-order valence-corrected chi connectivity index (χ1v) is 10.7. The highest BCUT2D eigenvalue weighted by molar-refractivity contribution is 5.90. The van der Waals surface area contributed by atoms with Crippen LogP contribution in [0.1, 0.15) is 16.8 Å². The predicted octanol–water partition coefficient (Wildman–Crippen LogP) is 3.24. The first-order chi connectivity index (χ1) is 16.6. The van der Waals surface area contributed by atoms with Crippen molar-refractivity contribution in [2.75, 3.05) is 5.32 Å². The SMILES string of the molecule is Cc1ccc(NC(=O)Cn2cc(COc3ncnc4c3cnn4-c3ccccc3)nn2)cc1C. The minimum atomic E-state index is -0.188. The maximum Gasteiger partial charge on any atom is 0.246 e. The summed E-state index contributed by atoms with van der Waals surface area (Å²) in [6, 6.07) is 15.5. The van der Waals surface area contributed by atoms with Crippen molar-refractivity contribution in [3.8, 4) is 11.6 Å². The summed E-state index contributed by atoms with van der Waals surface area (Å²) in [6.45, 7) is 4.22. The number of carbonyl (C=O) groups excluding carboxylic acids is 1. The third-order valence-corrected chi connectivity index (χ3v) is 5.37. The number of hydrogen-bond acceptors (Lipinski definition) is 7. The van der Waals surface area contributed by atoms with Crippen LogP contribution in [0.5, 0.6) is 5.88 Å². The number of para-hydroxylation sites is 1. The van der Waals surface area contributed by atoms with Crippen molar-refractivity contribution in [1.29, 1.82) is 0 Å². The van der Waals surface area contributed by atoms with E-state index in [9.17, 15) is 4.79 Å². The largest absolute Gasteiger partial charge is 0.470 e. The molecule has 5 rings (SSSR count). The van der Waals surface area contributed by atoms with Gasteiger partial charge in [0, 0.05) is 5.69 Å². The summed E-state index contributed by atoms with van der Waals surface area (Å²) in [7, 11) is 0. The maximum absolute atomic E-state index is 12.4. The fraction of sp³-hybridized carbons (Fsp3) is 0.167. The van der Waals surface area contributed by atoms with Crippen LogP contribution in [0.15, 0.2) is 67.3 Å². The molecule has 34 heavy (non-hydrogen) atoms. The molecular weight excluding hydrogens is 432 g/mol. The Morgan fingerprint density at radius 3 is 2.74 bits per heavy atom. The number of anilines is 1. The molecule has 170 valence electrons. The number of amides is 1. The number of aromatic nitrogens is 7. The number of hydrogen-bond donors (Lipinski definition) is 1. The first kappa shape index (κ1) is 21.3. The molecule has 0 atom stereocenters. The van der Waals surface area contributed by atoms with Gasteiger partial charge in [-0.1, -0.05) is 29.5 Å². The smallest absolute Gasteiger partial charge is 0.246 e. The summed E-state index contributed by atoms with van der Waals surface area (Å²) in [4.78, 5) is 21.0. The zero-order valence-corrected chi connectivity index (χ0v) is 18.7. The van der Waals surface area contributed by atoms with E-state index in [2.05, 4.69) is 30.7 Å². The number of carbonyl (C=O) groups is 1. The lowest BCUT2D eigenvalue weighted by atomic mass is 10.1. The lowest BCUT2D eigenvalue weighted by molar-refractivity contribution is -0.116. The Hall–Kier alpha value is -4.60. The molecule has 0 saturated heterocycles. The Kier molecular flexibility index (Phi) is 5.69. The Morgan fingerprint density at radius 1 is 1.06 bits per heavy atom. The Balaban J connectivity index is 1.23. The van der Waals surface area contributed by atoms with Crippen molar-refractivity contribution < 1.29 is 9.53 Å². The van der Waals surface area contributed by atoms with Crippen molar-refractivity contribution in [1.82, 2.24) is 34.7 Å². The van der Waals surface area contributed by atoms with E-state index in [0.717, 1.165) is 16.9 Å². The van der Waals surface area contributed by atoms with Gasteiger partial charge in [-0.2, -0.15) is 5.10 Å². The van der Waals surface area contributed by atoms with E-state index >= 15 is 0 Å². The van der Waals surface area contributed by atoms with Crippen molar-refractivity contribution in [3.05, 3.63) is 84.1 Å². The number of aryl methyl sites for hydroxylation is 2. The quantitative estimate of drug-likeness (QED) is 0.402. The van der Waals surface area contributed by atoms with E-state index in [-0.39, 0.29) is 19.1 Å². The molecule has 3 heterocycles. The molecule has 0 unspecified atom stereocenters. The Morgan fingerprint density at radius 2 is 1.91 bits per heavy atom. The van der Waals surface area contributed by atoms with Gasteiger partial charge in [-0.05, 0) is 49.2 Å². The van der Waals surface area contributed by atoms with Crippen LogP contribution in [0.3, 0.4) is 0 Å². The molecule has 2 aromatic carbocycles. The number of nitrogens with zero attached hydrogens (tertiary/aromatic N) is 7. The lowest BCUT2D eigenvalue weighted by Crippen LogP contribution is -2.19. The zero-order valence-electron chi connectivity index (χ0n) is 18.7. The monoisotopic (exact) mass is 454 g/mol. The number of fused-ring (bicyclic) bond motifs is 1. The average molecular weight is 454 g/mol. The molecule has 0 aliphatic heterocycles. The normalized spacial score (nSPS) is 11.0. The molecule has 0 aliphatic carbocycles. The van der Waals surface area contributed by atoms with E-state index in [0.29, 0.717) is 22.6 Å². The fourth-order valence-electron chi connectivity index (χ4n) is 3.49. The maximum atomic E-state index is 12.4. The molecule has 0 saturated carbocycles. The van der Waals surface area contributed by atoms with E-state index in [1.807, 2.05) is 62.4 Å². The second-order valence-corrected chi connectivity index (χ2v) is 7.85. The summed E-state index contributed by atoms with van der Waals surface area (Å²) in [6.07, 6.45) is 4.78. The molecule has 10 heteroatoms. The molecule has 1 N–H and O–H groups in total. The van der Waals surface area contributed by atoms with Crippen LogP contribution in [-0.2, 0) is 17.9 Å². The molecule has 10 nitrogen and oxygen atoms in total. The lowest BCUT2D eigenvalue weighted by Gasteiger charge is -2.07. The van der Waals surface area contributed by atoms with Gasteiger partial charge >= 0.3 is 0 Å². The van der Waals surface area contributed by atoms with E-state index in [1.165, 1.54) is 16.6 Å². The van der Waals surface area contributed by atoms with Gasteiger partial charge in [-0.3, -0.25) is 4.79 Å². The number of benzene rings is 2. The van der Waals surface area contributed by atoms with Gasteiger partial charge in [0.1, 0.15) is 30.6 Å². The highest BCUT2D eigenvalue weighted by Gasteiger charge is 2.13. The average Bonchev–Trinajstić information content (AvgIpc) is 3.48. The van der Waals surface area contributed by atoms with Crippen LogP contribution in [0.25, 0.3) is 16.7 Å². The van der Waals surface area contributed by atoms with Crippen LogP contribution >= 0.6 is 0 Å². The topological polar surface area (TPSA) is 113 Å². The van der Waals surface area contributed by atoms with Gasteiger partial charge in [0.05, 0.1) is 18.1 Å². The van der Waals surface area contributed by atoms with Gasteiger partial charge in [0.2, 0.25) is 11.8 Å². The highest BCUT2D eigenvalue weighted by atomic mass is 16.5. The molecule has 0 radical (unpaired) electrons. The van der Waals surface area contributed by atoms with Crippen LogP contribution < -0.4 is 10.1 Å². The van der Waals surface area contributed by atoms with Crippen LogP contribution in [-0.4, -0.2) is 40.6 Å².